The van der Waals surface area contributed by atoms with E-state index >= 15 is 0 Å². The molecule has 25 heavy (non-hydrogen) atoms. The van der Waals surface area contributed by atoms with Gasteiger partial charge in [0.15, 0.2) is 0 Å². The van der Waals surface area contributed by atoms with E-state index in [0.29, 0.717) is 5.69 Å². The summed E-state index contributed by atoms with van der Waals surface area (Å²) in [7, 11) is -3.75. The molecule has 1 aliphatic rings. The molecule has 0 bridgehead atoms. The molecule has 3 rings (SSSR count). The Labute approximate surface area is 147 Å². The van der Waals surface area contributed by atoms with Crippen LogP contribution in [0.5, 0.6) is 0 Å². The van der Waals surface area contributed by atoms with Crippen LogP contribution in [0.3, 0.4) is 0 Å². The Morgan fingerprint density at radius 3 is 2.52 bits per heavy atom. The van der Waals surface area contributed by atoms with Crippen molar-refractivity contribution in [2.24, 2.45) is 0 Å². The quantitative estimate of drug-likeness (QED) is 0.823. The topological polar surface area (TPSA) is 67.4 Å². The van der Waals surface area contributed by atoms with Gasteiger partial charge in [-0.05, 0) is 67.8 Å². The number of nitrogens with one attached hydrogen (secondary N) is 2. The number of rotatable bonds is 6. The molecule has 1 unspecified atom stereocenters. The molecule has 5 nitrogen and oxygen atoms in total. The highest BCUT2D eigenvalue weighted by atomic mass is 32.2. The van der Waals surface area contributed by atoms with Crippen LogP contribution in [0, 0.1) is 12.7 Å². The van der Waals surface area contributed by atoms with Gasteiger partial charge in [0, 0.05) is 24.5 Å². The summed E-state index contributed by atoms with van der Waals surface area (Å²) in [6.07, 6.45) is 2.39. The highest BCUT2D eigenvalue weighted by Gasteiger charge is 2.16. The summed E-state index contributed by atoms with van der Waals surface area (Å²) in [6.45, 7) is 3.08. The Kier molecular flexibility index (Phi) is 5.24. The molecule has 0 aromatic heterocycles. The van der Waals surface area contributed by atoms with Crippen LogP contribution >= 0.6 is 0 Å². The summed E-state index contributed by atoms with van der Waals surface area (Å²) >= 11 is 0. The number of sulfonamides is 1. The Balaban J connectivity index is 1.64. The maximum Gasteiger partial charge on any atom is 0.261 e. The van der Waals surface area contributed by atoms with Gasteiger partial charge in [0.2, 0.25) is 0 Å². The predicted octanol–water partition coefficient (Wildman–Crippen LogP) is 3.53. The minimum atomic E-state index is -3.75. The highest BCUT2D eigenvalue weighted by molar-refractivity contribution is 7.92. The zero-order valence-electron chi connectivity index (χ0n) is 14.0. The molecule has 2 N–H and O–H groups in total. The van der Waals surface area contributed by atoms with Gasteiger partial charge in [-0.15, -0.1) is 0 Å². The lowest BCUT2D eigenvalue weighted by atomic mass is 10.2. The van der Waals surface area contributed by atoms with Crippen molar-refractivity contribution in [1.29, 1.82) is 0 Å². The molecule has 0 saturated carbocycles. The minimum Gasteiger partial charge on any atom is -0.382 e. The zero-order valence-corrected chi connectivity index (χ0v) is 14.8. The maximum absolute atomic E-state index is 13.3. The molecule has 0 radical (unpaired) electrons. The second-order valence-corrected chi connectivity index (χ2v) is 7.79. The van der Waals surface area contributed by atoms with E-state index in [9.17, 15) is 12.8 Å². The van der Waals surface area contributed by atoms with E-state index in [-0.39, 0.29) is 16.6 Å². The van der Waals surface area contributed by atoms with Crippen LogP contribution in [-0.4, -0.2) is 27.7 Å². The molecule has 1 saturated heterocycles. The summed E-state index contributed by atoms with van der Waals surface area (Å²) < 4.78 is 46.1. The highest BCUT2D eigenvalue weighted by Crippen LogP contribution is 2.20. The molecule has 0 aliphatic carbocycles. The molecule has 1 heterocycles. The first kappa shape index (κ1) is 17.7. The van der Waals surface area contributed by atoms with E-state index in [1.165, 1.54) is 19.1 Å². The van der Waals surface area contributed by atoms with Gasteiger partial charge in [-0.1, -0.05) is 0 Å². The van der Waals surface area contributed by atoms with Gasteiger partial charge in [0.1, 0.15) is 5.82 Å². The summed E-state index contributed by atoms with van der Waals surface area (Å²) in [4.78, 5) is 0.0342. The lowest BCUT2D eigenvalue weighted by Crippen LogP contribution is -2.18. The van der Waals surface area contributed by atoms with Gasteiger partial charge in [-0.3, -0.25) is 4.72 Å². The van der Waals surface area contributed by atoms with Crippen LogP contribution in [0.1, 0.15) is 18.4 Å². The van der Waals surface area contributed by atoms with Crippen LogP contribution in [0.2, 0.25) is 0 Å². The first-order valence-electron chi connectivity index (χ1n) is 8.18. The van der Waals surface area contributed by atoms with Crippen molar-refractivity contribution < 1.29 is 17.5 Å². The van der Waals surface area contributed by atoms with Crippen molar-refractivity contribution in [1.82, 2.24) is 0 Å². The third-order valence-corrected chi connectivity index (χ3v) is 5.51. The summed E-state index contributed by atoms with van der Waals surface area (Å²) in [6, 6.07) is 10.7. The van der Waals surface area contributed by atoms with Crippen molar-refractivity contribution >= 4 is 21.4 Å². The van der Waals surface area contributed by atoms with E-state index < -0.39 is 15.8 Å². The number of ether oxygens (including phenoxy) is 1. The Hall–Kier alpha value is -2.12. The van der Waals surface area contributed by atoms with Crippen molar-refractivity contribution in [3.63, 3.8) is 0 Å². The third kappa shape index (κ3) is 4.49. The van der Waals surface area contributed by atoms with Gasteiger partial charge in [0.05, 0.1) is 11.0 Å². The second-order valence-electron chi connectivity index (χ2n) is 6.11. The van der Waals surface area contributed by atoms with Gasteiger partial charge < -0.3 is 10.1 Å². The van der Waals surface area contributed by atoms with Gasteiger partial charge in [-0.25, -0.2) is 12.8 Å². The average molecular weight is 364 g/mol. The molecule has 1 aliphatic heterocycles. The van der Waals surface area contributed by atoms with Crippen LogP contribution in [0.25, 0.3) is 0 Å². The van der Waals surface area contributed by atoms with E-state index in [0.717, 1.165) is 37.7 Å². The molecule has 1 fully saturated rings. The molecular weight excluding hydrogens is 343 g/mol. The number of hydrogen-bond acceptors (Lipinski definition) is 4. The van der Waals surface area contributed by atoms with Crippen molar-refractivity contribution in [3.05, 3.63) is 53.8 Å². The fourth-order valence-electron chi connectivity index (χ4n) is 2.69. The fourth-order valence-corrected chi connectivity index (χ4v) is 3.83. The standard InChI is InChI=1S/C18H21FN2O3S/c1-13-11-17(8-9-18(13)19)25(22,23)21-15-6-4-14(5-7-15)20-12-16-3-2-10-24-16/h4-9,11,16,20-21H,2-3,10,12H2,1H3. The lowest BCUT2D eigenvalue weighted by molar-refractivity contribution is 0.120. The Bertz CT molecular complexity index is 832. The predicted molar refractivity (Wildman–Crippen MR) is 95.9 cm³/mol. The number of benzene rings is 2. The Morgan fingerprint density at radius 1 is 1.16 bits per heavy atom. The largest absolute Gasteiger partial charge is 0.382 e. The number of halogens is 1. The summed E-state index contributed by atoms with van der Waals surface area (Å²) in [5, 5.41) is 3.28. The molecule has 1 atom stereocenters. The molecule has 7 heteroatoms. The second kappa shape index (κ2) is 7.41. The van der Waals surface area contributed by atoms with E-state index in [1.54, 1.807) is 12.1 Å². The number of aryl methyl sites for hydroxylation is 1. The van der Waals surface area contributed by atoms with Crippen molar-refractivity contribution in [3.8, 4) is 0 Å². The smallest absolute Gasteiger partial charge is 0.261 e. The van der Waals surface area contributed by atoms with Gasteiger partial charge in [0.25, 0.3) is 10.0 Å². The lowest BCUT2D eigenvalue weighted by Gasteiger charge is -2.13. The molecule has 134 valence electrons. The van der Waals surface area contributed by atoms with Gasteiger partial charge >= 0.3 is 0 Å². The fraction of sp³-hybridized carbons (Fsp3) is 0.333. The van der Waals surface area contributed by atoms with Crippen LogP contribution in [0.4, 0.5) is 15.8 Å². The van der Waals surface area contributed by atoms with E-state index in [1.807, 2.05) is 12.1 Å². The van der Waals surface area contributed by atoms with Crippen LogP contribution in [0.15, 0.2) is 47.4 Å². The monoisotopic (exact) mass is 364 g/mol. The first-order chi connectivity index (χ1) is 11.9. The molecule has 2 aromatic rings. The van der Waals surface area contributed by atoms with Crippen molar-refractivity contribution in [2.45, 2.75) is 30.8 Å². The summed E-state index contributed by atoms with van der Waals surface area (Å²) in [5.74, 6) is -0.430. The van der Waals surface area contributed by atoms with Crippen LogP contribution < -0.4 is 10.0 Å². The maximum atomic E-state index is 13.3. The molecule has 2 aromatic carbocycles. The molecular formula is C18H21FN2O3S. The first-order valence-corrected chi connectivity index (χ1v) is 9.67. The molecule has 0 amide bonds. The van der Waals surface area contributed by atoms with Crippen molar-refractivity contribution in [2.75, 3.05) is 23.2 Å². The SMILES string of the molecule is Cc1cc(S(=O)(=O)Nc2ccc(NCC3CCCO3)cc2)ccc1F. The number of hydrogen-bond donors (Lipinski definition) is 2. The van der Waals surface area contributed by atoms with E-state index in [2.05, 4.69) is 10.0 Å². The number of anilines is 2. The third-order valence-electron chi connectivity index (χ3n) is 4.13. The summed E-state index contributed by atoms with van der Waals surface area (Å²) in [5.41, 5.74) is 1.64. The molecule has 0 spiro atoms. The zero-order chi connectivity index (χ0) is 17.9. The normalized spacial score (nSPS) is 17.4. The Morgan fingerprint density at radius 2 is 1.88 bits per heavy atom. The van der Waals surface area contributed by atoms with Crippen LogP contribution in [-0.2, 0) is 14.8 Å². The van der Waals surface area contributed by atoms with E-state index in [4.69, 9.17) is 4.74 Å². The minimum absolute atomic E-state index is 0.0342. The average Bonchev–Trinajstić information content (AvgIpc) is 3.10. The van der Waals surface area contributed by atoms with Gasteiger partial charge in [-0.2, -0.15) is 0 Å².